The molecule has 0 spiro atoms. The molecule has 3 rings (SSSR count). The molecule has 0 fully saturated rings. The maximum atomic E-state index is 13.7. The summed E-state index contributed by atoms with van der Waals surface area (Å²) in [5, 5.41) is 16.1. The number of carbonyl (C=O) groups is 1. The van der Waals surface area contributed by atoms with Gasteiger partial charge in [0.2, 0.25) is 0 Å². The molecule has 0 aliphatic carbocycles. The molecular weight excluding hydrogens is 567 g/mol. The molecule has 10 nitrogen and oxygen atoms in total. The van der Waals surface area contributed by atoms with Gasteiger partial charge in [0.15, 0.2) is 0 Å². The van der Waals surface area contributed by atoms with E-state index in [-0.39, 0.29) is 22.0 Å². The van der Waals surface area contributed by atoms with Gasteiger partial charge in [0, 0.05) is 27.2 Å². The van der Waals surface area contributed by atoms with Gasteiger partial charge < -0.3 is 4.74 Å². The van der Waals surface area contributed by atoms with Gasteiger partial charge in [0.1, 0.15) is 12.3 Å². The minimum Gasteiger partial charge on any atom is -0.495 e. The third kappa shape index (κ3) is 6.69. The fourth-order valence-corrected chi connectivity index (χ4v) is 5.24. The summed E-state index contributed by atoms with van der Waals surface area (Å²) in [6, 6.07) is 12.3. The number of rotatable bonds is 9. The molecule has 3 aromatic rings. The van der Waals surface area contributed by atoms with Crippen LogP contribution in [0.3, 0.4) is 0 Å². The second-order valence-electron chi connectivity index (χ2n) is 7.49. The largest absolute Gasteiger partial charge is 0.495 e. The van der Waals surface area contributed by atoms with Gasteiger partial charge >= 0.3 is 0 Å². The van der Waals surface area contributed by atoms with Crippen molar-refractivity contribution >= 4 is 68.3 Å². The number of aryl methyl sites for hydroxylation is 1. The Hall–Kier alpha value is -3.38. The number of sulfonamides is 1. The first-order valence-corrected chi connectivity index (χ1v) is 12.9. The third-order valence-corrected chi connectivity index (χ3v) is 7.57. The monoisotopic (exact) mass is 584 g/mol. The molecule has 14 heteroatoms. The lowest BCUT2D eigenvalue weighted by Gasteiger charge is -2.25. The van der Waals surface area contributed by atoms with Gasteiger partial charge in [-0.25, -0.2) is 13.8 Å². The number of hydrogen-bond donors (Lipinski definition) is 1. The Labute approximate surface area is 227 Å². The number of methoxy groups -OCH3 is 1. The number of amides is 1. The maximum Gasteiger partial charge on any atom is 0.273 e. The molecule has 0 aliphatic rings. The summed E-state index contributed by atoms with van der Waals surface area (Å²) in [5.41, 5.74) is 2.51. The average molecular weight is 586 g/mol. The van der Waals surface area contributed by atoms with Crippen molar-refractivity contribution in [3.05, 3.63) is 90.9 Å². The maximum absolute atomic E-state index is 13.7. The molecule has 3 aromatic carbocycles. The number of benzene rings is 3. The smallest absolute Gasteiger partial charge is 0.273 e. The zero-order valence-electron chi connectivity index (χ0n) is 19.3. The molecular formula is C23H19Cl3N4O6S. The van der Waals surface area contributed by atoms with Crippen LogP contribution in [0.15, 0.2) is 64.6 Å². The highest BCUT2D eigenvalue weighted by molar-refractivity contribution is 7.92. The van der Waals surface area contributed by atoms with Crippen LogP contribution in [0, 0.1) is 17.0 Å². The molecule has 37 heavy (non-hydrogen) atoms. The highest BCUT2D eigenvalue weighted by atomic mass is 35.5. The molecule has 1 amide bonds. The quantitative estimate of drug-likeness (QED) is 0.208. The first-order chi connectivity index (χ1) is 17.4. The number of anilines is 1. The highest BCUT2D eigenvalue weighted by Gasteiger charge is 2.31. The van der Waals surface area contributed by atoms with E-state index in [1.165, 1.54) is 56.6 Å². The highest BCUT2D eigenvalue weighted by Crippen LogP contribution is 2.35. The summed E-state index contributed by atoms with van der Waals surface area (Å²) >= 11 is 18.0. The zero-order valence-corrected chi connectivity index (χ0v) is 22.4. The van der Waals surface area contributed by atoms with Crippen molar-refractivity contribution in [3.8, 4) is 5.75 Å². The summed E-state index contributed by atoms with van der Waals surface area (Å²) in [6.45, 7) is 0.719. The minimum atomic E-state index is -4.52. The standard InChI is InChI=1S/C23H19Cl3N4O6S/c1-14-3-7-18(11-20(14)30(32)33)37(34,35)29(21-10-17(25)6-8-22(21)36-2)13-23(31)28-27-12-15-4-5-16(24)9-19(15)26/h3-12H,13H2,1-2H3,(H,28,31)/b27-12-. The van der Waals surface area contributed by atoms with E-state index in [0.29, 0.717) is 15.6 Å². The van der Waals surface area contributed by atoms with Gasteiger partial charge in [-0.1, -0.05) is 46.9 Å². The lowest BCUT2D eigenvalue weighted by Crippen LogP contribution is -2.39. The molecule has 0 bridgehead atoms. The van der Waals surface area contributed by atoms with Crippen molar-refractivity contribution in [2.24, 2.45) is 5.10 Å². The summed E-state index contributed by atoms with van der Waals surface area (Å²) in [4.78, 5) is 23.1. The molecule has 1 N–H and O–H groups in total. The second-order valence-corrected chi connectivity index (χ2v) is 10.6. The number of ether oxygens (including phenoxy) is 1. The first kappa shape index (κ1) is 28.2. The van der Waals surface area contributed by atoms with Gasteiger partial charge in [-0.05, 0) is 43.3 Å². The van der Waals surface area contributed by atoms with Crippen molar-refractivity contribution in [1.29, 1.82) is 0 Å². The SMILES string of the molecule is COc1ccc(Cl)cc1N(CC(=O)N/N=C\c1ccc(Cl)cc1Cl)S(=O)(=O)c1ccc(C)c([N+](=O)[O-])c1. The number of hydrogen-bond acceptors (Lipinski definition) is 7. The van der Waals surface area contributed by atoms with E-state index in [4.69, 9.17) is 39.5 Å². The number of hydrazone groups is 1. The molecule has 0 saturated carbocycles. The van der Waals surface area contributed by atoms with Gasteiger partial charge in [-0.15, -0.1) is 0 Å². The molecule has 0 aromatic heterocycles. The molecule has 0 saturated heterocycles. The fourth-order valence-electron chi connectivity index (χ4n) is 3.18. The predicted molar refractivity (Wildman–Crippen MR) is 143 cm³/mol. The van der Waals surface area contributed by atoms with Crippen LogP contribution in [0.2, 0.25) is 15.1 Å². The van der Waals surface area contributed by atoms with Crippen molar-refractivity contribution in [3.63, 3.8) is 0 Å². The number of nitro benzene ring substituents is 1. The van der Waals surface area contributed by atoms with Crippen LogP contribution in [0.4, 0.5) is 11.4 Å². The molecule has 0 heterocycles. The first-order valence-electron chi connectivity index (χ1n) is 10.3. The van der Waals surface area contributed by atoms with Crippen LogP contribution >= 0.6 is 34.8 Å². The Morgan fingerprint density at radius 2 is 1.78 bits per heavy atom. The van der Waals surface area contributed by atoms with Crippen LogP contribution in [-0.2, 0) is 14.8 Å². The number of nitrogens with zero attached hydrogens (tertiary/aromatic N) is 3. The van der Waals surface area contributed by atoms with Crippen molar-refractivity contribution in [2.45, 2.75) is 11.8 Å². The van der Waals surface area contributed by atoms with E-state index in [2.05, 4.69) is 10.5 Å². The molecule has 194 valence electrons. The molecule has 0 unspecified atom stereocenters. The van der Waals surface area contributed by atoms with Crippen molar-refractivity contribution in [1.82, 2.24) is 5.43 Å². The average Bonchev–Trinajstić information content (AvgIpc) is 2.83. The Balaban J connectivity index is 2.00. The van der Waals surface area contributed by atoms with E-state index >= 15 is 0 Å². The normalized spacial score (nSPS) is 11.4. The Bertz CT molecular complexity index is 1500. The van der Waals surface area contributed by atoms with E-state index in [1.807, 2.05) is 0 Å². The zero-order chi connectivity index (χ0) is 27.3. The Morgan fingerprint density at radius 1 is 1.11 bits per heavy atom. The van der Waals surface area contributed by atoms with Crippen LogP contribution in [-0.4, -0.2) is 39.1 Å². The van der Waals surface area contributed by atoms with E-state index < -0.39 is 38.0 Å². The topological polar surface area (TPSA) is 131 Å². The van der Waals surface area contributed by atoms with Crippen molar-refractivity contribution < 1.29 is 22.9 Å². The summed E-state index contributed by atoms with van der Waals surface area (Å²) in [5.74, 6) is -0.729. The van der Waals surface area contributed by atoms with Crippen LogP contribution in [0.25, 0.3) is 0 Å². The van der Waals surface area contributed by atoms with Crippen LogP contribution in [0.5, 0.6) is 5.75 Å². The minimum absolute atomic E-state index is 0.0573. The predicted octanol–water partition coefficient (Wildman–Crippen LogP) is 5.22. The lowest BCUT2D eigenvalue weighted by atomic mass is 10.2. The second kappa shape index (κ2) is 11.8. The van der Waals surface area contributed by atoms with Gasteiger partial charge in [0.05, 0.1) is 33.9 Å². The molecule has 0 atom stereocenters. The van der Waals surface area contributed by atoms with E-state index in [0.717, 1.165) is 10.4 Å². The van der Waals surface area contributed by atoms with Crippen LogP contribution in [0.1, 0.15) is 11.1 Å². The summed E-state index contributed by atoms with van der Waals surface area (Å²) < 4.78 is 33.3. The molecule has 0 aliphatic heterocycles. The summed E-state index contributed by atoms with van der Waals surface area (Å²) in [7, 11) is -3.20. The van der Waals surface area contributed by atoms with E-state index in [9.17, 15) is 23.3 Å². The van der Waals surface area contributed by atoms with Gasteiger partial charge in [-0.2, -0.15) is 5.10 Å². The van der Waals surface area contributed by atoms with Crippen molar-refractivity contribution in [2.75, 3.05) is 18.0 Å². The third-order valence-electron chi connectivity index (χ3n) is 5.02. The summed E-state index contributed by atoms with van der Waals surface area (Å²) in [6.07, 6.45) is 1.26. The fraction of sp³-hybridized carbons (Fsp3) is 0.130. The Morgan fingerprint density at radius 3 is 2.43 bits per heavy atom. The molecule has 0 radical (unpaired) electrons. The number of halogens is 3. The lowest BCUT2D eigenvalue weighted by molar-refractivity contribution is -0.385. The van der Waals surface area contributed by atoms with Gasteiger partial charge in [-0.3, -0.25) is 19.2 Å². The van der Waals surface area contributed by atoms with Crippen LogP contribution < -0.4 is 14.5 Å². The van der Waals surface area contributed by atoms with Gasteiger partial charge in [0.25, 0.3) is 21.6 Å². The number of nitrogens with one attached hydrogen (secondary N) is 1. The number of carbonyl (C=O) groups excluding carboxylic acids is 1. The number of nitro groups is 1. The van der Waals surface area contributed by atoms with E-state index in [1.54, 1.807) is 12.1 Å². The Kier molecular flexibility index (Phi) is 8.98.